The largest absolute Gasteiger partial charge is 0.497 e. The van der Waals surface area contributed by atoms with Gasteiger partial charge in [0.1, 0.15) is 11.8 Å². The molecule has 0 heterocycles. The van der Waals surface area contributed by atoms with Crippen LogP contribution in [0.3, 0.4) is 0 Å². The van der Waals surface area contributed by atoms with Crippen LogP contribution >= 0.6 is 0 Å². The van der Waals surface area contributed by atoms with Crippen molar-refractivity contribution in [3.63, 3.8) is 0 Å². The Labute approximate surface area is 114 Å². The minimum atomic E-state index is -0.423. The molecule has 104 valence electrons. The summed E-state index contributed by atoms with van der Waals surface area (Å²) in [5.41, 5.74) is 0.841. The molecule has 1 rings (SSSR count). The molecule has 0 saturated carbocycles. The van der Waals surface area contributed by atoms with Gasteiger partial charge in [-0.1, -0.05) is 6.08 Å². The van der Waals surface area contributed by atoms with Gasteiger partial charge in [0.05, 0.1) is 13.2 Å². The number of benzene rings is 1. The molecule has 0 bridgehead atoms. The first-order valence-electron chi connectivity index (χ1n) is 6.28. The van der Waals surface area contributed by atoms with E-state index in [0.717, 1.165) is 11.4 Å². The highest BCUT2D eigenvalue weighted by Crippen LogP contribution is 2.17. The summed E-state index contributed by atoms with van der Waals surface area (Å²) in [4.78, 5) is 11.9. The highest BCUT2D eigenvalue weighted by Gasteiger charge is 2.19. The number of esters is 1. The lowest BCUT2D eigenvalue weighted by Gasteiger charge is -2.19. The molecule has 1 aromatic rings. The summed E-state index contributed by atoms with van der Waals surface area (Å²) >= 11 is 0. The number of carbonyl (C=O) groups is 1. The number of anilines is 1. The van der Waals surface area contributed by atoms with E-state index < -0.39 is 6.04 Å². The maximum atomic E-state index is 11.9. The van der Waals surface area contributed by atoms with Crippen molar-refractivity contribution in [1.82, 2.24) is 0 Å². The number of ether oxygens (including phenoxy) is 2. The number of nitrogens with one attached hydrogen (secondary N) is 1. The SMILES string of the molecule is C=CC[C@H](Nc1ccc(OC)cc1)C(=O)OC(C)C. The van der Waals surface area contributed by atoms with Crippen molar-refractivity contribution in [2.24, 2.45) is 0 Å². The molecule has 0 fully saturated rings. The molecule has 1 atom stereocenters. The van der Waals surface area contributed by atoms with Gasteiger partial charge in [0, 0.05) is 5.69 Å². The van der Waals surface area contributed by atoms with Crippen LogP contribution in [0.4, 0.5) is 5.69 Å². The Bertz CT molecular complexity index is 412. The van der Waals surface area contributed by atoms with Crippen LogP contribution in [0.15, 0.2) is 36.9 Å². The molecule has 0 saturated heterocycles. The first-order valence-corrected chi connectivity index (χ1v) is 6.28. The number of hydrogen-bond donors (Lipinski definition) is 1. The van der Waals surface area contributed by atoms with Gasteiger partial charge in [0.15, 0.2) is 0 Å². The lowest BCUT2D eigenvalue weighted by molar-refractivity contribution is -0.148. The van der Waals surface area contributed by atoms with Gasteiger partial charge < -0.3 is 14.8 Å². The van der Waals surface area contributed by atoms with Crippen molar-refractivity contribution >= 4 is 11.7 Å². The van der Waals surface area contributed by atoms with Crippen LogP contribution in [0.25, 0.3) is 0 Å². The summed E-state index contributed by atoms with van der Waals surface area (Å²) in [6.45, 7) is 7.32. The summed E-state index contributed by atoms with van der Waals surface area (Å²) in [7, 11) is 1.61. The van der Waals surface area contributed by atoms with Gasteiger partial charge in [0.25, 0.3) is 0 Å². The molecular weight excluding hydrogens is 242 g/mol. The Balaban J connectivity index is 2.71. The molecule has 1 aromatic carbocycles. The second kappa shape index (κ2) is 7.46. The molecule has 0 amide bonds. The van der Waals surface area contributed by atoms with Crippen molar-refractivity contribution in [2.75, 3.05) is 12.4 Å². The van der Waals surface area contributed by atoms with Gasteiger partial charge in [-0.2, -0.15) is 0 Å². The van der Waals surface area contributed by atoms with E-state index in [9.17, 15) is 4.79 Å². The standard InChI is InChI=1S/C15H21NO3/c1-5-6-14(15(17)19-11(2)3)16-12-7-9-13(18-4)10-8-12/h5,7-11,14,16H,1,6H2,2-4H3/t14-/m0/s1. The first-order chi connectivity index (χ1) is 9.06. The highest BCUT2D eigenvalue weighted by molar-refractivity contribution is 5.79. The van der Waals surface area contributed by atoms with Crippen molar-refractivity contribution in [1.29, 1.82) is 0 Å². The van der Waals surface area contributed by atoms with Crippen LogP contribution in [-0.2, 0) is 9.53 Å². The topological polar surface area (TPSA) is 47.6 Å². The summed E-state index contributed by atoms with van der Waals surface area (Å²) in [6.07, 6.45) is 2.08. The second-order valence-corrected chi connectivity index (χ2v) is 4.44. The predicted octanol–water partition coefficient (Wildman–Crippen LogP) is 3.00. The number of methoxy groups -OCH3 is 1. The molecule has 19 heavy (non-hydrogen) atoms. The zero-order valence-electron chi connectivity index (χ0n) is 11.7. The molecule has 1 N–H and O–H groups in total. The number of carbonyl (C=O) groups excluding carboxylic acids is 1. The van der Waals surface area contributed by atoms with Gasteiger partial charge >= 0.3 is 5.97 Å². The minimum absolute atomic E-state index is 0.127. The van der Waals surface area contributed by atoms with E-state index >= 15 is 0 Å². The predicted molar refractivity (Wildman–Crippen MR) is 76.4 cm³/mol. The van der Waals surface area contributed by atoms with Crippen molar-refractivity contribution in [3.05, 3.63) is 36.9 Å². The monoisotopic (exact) mass is 263 g/mol. The van der Waals surface area contributed by atoms with E-state index in [1.165, 1.54) is 0 Å². The van der Waals surface area contributed by atoms with Crippen molar-refractivity contribution in [3.8, 4) is 5.75 Å². The molecule has 0 aromatic heterocycles. The Morgan fingerprint density at radius 1 is 1.37 bits per heavy atom. The summed E-state index contributed by atoms with van der Waals surface area (Å²) in [5.74, 6) is 0.501. The van der Waals surface area contributed by atoms with E-state index in [4.69, 9.17) is 9.47 Å². The van der Waals surface area contributed by atoms with Gasteiger partial charge in [-0.25, -0.2) is 4.79 Å². The molecule has 0 unspecified atom stereocenters. The zero-order chi connectivity index (χ0) is 14.3. The first kappa shape index (κ1) is 15.1. The highest BCUT2D eigenvalue weighted by atomic mass is 16.5. The van der Waals surface area contributed by atoms with Gasteiger partial charge in [-0.15, -0.1) is 6.58 Å². The molecule has 4 nitrogen and oxygen atoms in total. The normalized spacial score (nSPS) is 11.8. The van der Waals surface area contributed by atoms with E-state index in [2.05, 4.69) is 11.9 Å². The lowest BCUT2D eigenvalue weighted by Crippen LogP contribution is -2.32. The average Bonchev–Trinajstić information content (AvgIpc) is 2.38. The molecular formula is C15H21NO3. The maximum absolute atomic E-state index is 11.9. The molecule has 0 aliphatic carbocycles. The fraction of sp³-hybridized carbons (Fsp3) is 0.400. The summed E-state index contributed by atoms with van der Waals surface area (Å²) < 4.78 is 10.3. The Morgan fingerprint density at radius 3 is 2.47 bits per heavy atom. The van der Waals surface area contributed by atoms with Crippen molar-refractivity contribution < 1.29 is 14.3 Å². The van der Waals surface area contributed by atoms with Gasteiger partial charge in [0.2, 0.25) is 0 Å². The van der Waals surface area contributed by atoms with Gasteiger partial charge in [-0.3, -0.25) is 0 Å². The fourth-order valence-electron chi connectivity index (χ4n) is 1.58. The quantitative estimate of drug-likeness (QED) is 0.607. The molecule has 0 aliphatic heterocycles. The smallest absolute Gasteiger partial charge is 0.329 e. The fourth-order valence-corrected chi connectivity index (χ4v) is 1.58. The summed E-state index contributed by atoms with van der Waals surface area (Å²) in [6, 6.07) is 6.96. The van der Waals surface area contributed by atoms with E-state index in [1.54, 1.807) is 13.2 Å². The number of rotatable bonds is 7. The lowest BCUT2D eigenvalue weighted by atomic mass is 10.2. The van der Waals surface area contributed by atoms with Crippen LogP contribution in [0.2, 0.25) is 0 Å². The molecule has 4 heteroatoms. The van der Waals surface area contributed by atoms with Crippen LogP contribution in [0.5, 0.6) is 5.75 Å². The minimum Gasteiger partial charge on any atom is -0.497 e. The number of hydrogen-bond acceptors (Lipinski definition) is 4. The van der Waals surface area contributed by atoms with E-state index in [0.29, 0.717) is 6.42 Å². The summed E-state index contributed by atoms with van der Waals surface area (Å²) in [5, 5.41) is 3.14. The van der Waals surface area contributed by atoms with Crippen LogP contribution in [0.1, 0.15) is 20.3 Å². The van der Waals surface area contributed by atoms with Crippen LogP contribution < -0.4 is 10.1 Å². The van der Waals surface area contributed by atoms with Crippen molar-refractivity contribution in [2.45, 2.75) is 32.4 Å². The molecule has 0 spiro atoms. The zero-order valence-corrected chi connectivity index (χ0v) is 11.7. The van der Waals surface area contributed by atoms with Crippen LogP contribution in [0, 0.1) is 0 Å². The molecule has 0 aliphatic rings. The Morgan fingerprint density at radius 2 is 2.00 bits per heavy atom. The van der Waals surface area contributed by atoms with Gasteiger partial charge in [-0.05, 0) is 44.5 Å². The third kappa shape index (κ3) is 5.04. The van der Waals surface area contributed by atoms with E-state index in [-0.39, 0.29) is 12.1 Å². The van der Waals surface area contributed by atoms with E-state index in [1.807, 2.05) is 38.1 Å². The Kier molecular flexibility index (Phi) is 5.93. The maximum Gasteiger partial charge on any atom is 0.329 e. The molecule has 0 radical (unpaired) electrons. The second-order valence-electron chi connectivity index (χ2n) is 4.44. The third-order valence-electron chi connectivity index (χ3n) is 2.47. The third-order valence-corrected chi connectivity index (χ3v) is 2.47. The van der Waals surface area contributed by atoms with Crippen LogP contribution in [-0.4, -0.2) is 25.2 Å². The average molecular weight is 263 g/mol. The Hall–Kier alpha value is -1.97.